The predicted molar refractivity (Wildman–Crippen MR) is 100 cm³/mol. The summed E-state index contributed by atoms with van der Waals surface area (Å²) in [6, 6.07) is 17.7. The average Bonchev–Trinajstić information content (AvgIpc) is 2.54. The average molecular weight is 337 g/mol. The molecule has 2 aromatic carbocycles. The van der Waals surface area contributed by atoms with E-state index < -0.39 is 6.10 Å². The van der Waals surface area contributed by atoms with Gasteiger partial charge in [0.15, 0.2) is 5.75 Å². The van der Waals surface area contributed by atoms with E-state index in [9.17, 15) is 5.26 Å². The third kappa shape index (κ3) is 4.84. The van der Waals surface area contributed by atoms with Crippen LogP contribution in [0, 0.1) is 11.3 Å². The smallest absolute Gasteiger partial charge is 0.215 e. The maximum absolute atomic E-state index is 9.38. The zero-order chi connectivity index (χ0) is 18.7. The second-order valence-corrected chi connectivity index (χ2v) is 8.31. The Kier molecular flexibility index (Phi) is 5.55. The molecule has 3 nitrogen and oxygen atoms in total. The number of nitrogens with zero attached hydrogens (tertiary/aromatic N) is 1. The number of nitriles is 1. The van der Waals surface area contributed by atoms with E-state index in [-0.39, 0.29) is 10.8 Å². The van der Waals surface area contributed by atoms with Crippen molar-refractivity contribution in [2.75, 3.05) is 0 Å². The molecule has 25 heavy (non-hydrogen) atoms. The van der Waals surface area contributed by atoms with Crippen molar-refractivity contribution in [3.8, 4) is 11.8 Å². The van der Waals surface area contributed by atoms with Crippen molar-refractivity contribution < 1.29 is 9.78 Å². The van der Waals surface area contributed by atoms with Crippen LogP contribution >= 0.6 is 0 Å². The normalized spacial score (nSPS) is 13.2. The van der Waals surface area contributed by atoms with Crippen LogP contribution < -0.4 is 4.89 Å². The highest BCUT2D eigenvalue weighted by Crippen LogP contribution is 2.36. The molecule has 1 atom stereocenters. The van der Waals surface area contributed by atoms with E-state index in [1.165, 1.54) is 5.56 Å². The Labute approximate surface area is 151 Å². The molecule has 0 saturated heterocycles. The monoisotopic (exact) mass is 337 g/mol. The van der Waals surface area contributed by atoms with Gasteiger partial charge in [-0.2, -0.15) is 10.1 Å². The molecule has 0 amide bonds. The maximum Gasteiger partial charge on any atom is 0.215 e. The van der Waals surface area contributed by atoms with Gasteiger partial charge in [-0.3, -0.25) is 0 Å². The Bertz CT molecular complexity index is 746. The van der Waals surface area contributed by atoms with Crippen LogP contribution in [0.2, 0.25) is 0 Å². The van der Waals surface area contributed by atoms with Crippen LogP contribution in [0.15, 0.2) is 48.5 Å². The first-order valence-corrected chi connectivity index (χ1v) is 8.56. The summed E-state index contributed by atoms with van der Waals surface area (Å²) in [4.78, 5) is 11.1. The van der Waals surface area contributed by atoms with Gasteiger partial charge in [0, 0.05) is 5.56 Å². The van der Waals surface area contributed by atoms with Crippen LogP contribution in [0.5, 0.6) is 5.75 Å². The third-order valence-corrected chi connectivity index (χ3v) is 4.11. The minimum absolute atomic E-state index is 0.0542. The molecule has 2 rings (SSSR count). The first-order chi connectivity index (χ1) is 11.6. The predicted octanol–water partition coefficient (Wildman–Crippen LogP) is 5.86. The van der Waals surface area contributed by atoms with Crippen LogP contribution in [0.3, 0.4) is 0 Å². The summed E-state index contributed by atoms with van der Waals surface area (Å²) < 4.78 is 0. The summed E-state index contributed by atoms with van der Waals surface area (Å²) in [7, 11) is 0. The topological polar surface area (TPSA) is 42.2 Å². The molecule has 132 valence electrons. The summed E-state index contributed by atoms with van der Waals surface area (Å²) in [5.74, 6) is 0.650. The van der Waals surface area contributed by atoms with E-state index in [1.54, 1.807) is 0 Å². The van der Waals surface area contributed by atoms with E-state index in [0.717, 1.165) is 11.1 Å². The first-order valence-electron chi connectivity index (χ1n) is 8.56. The van der Waals surface area contributed by atoms with Gasteiger partial charge in [-0.05, 0) is 28.0 Å². The largest absolute Gasteiger partial charge is 0.336 e. The van der Waals surface area contributed by atoms with Gasteiger partial charge in [-0.25, -0.2) is 0 Å². The van der Waals surface area contributed by atoms with E-state index in [1.807, 2.05) is 36.4 Å². The second-order valence-electron chi connectivity index (χ2n) is 8.31. The number of benzene rings is 2. The molecule has 1 unspecified atom stereocenters. The van der Waals surface area contributed by atoms with Crippen LogP contribution in [-0.2, 0) is 15.7 Å². The Morgan fingerprint density at radius 1 is 0.880 bits per heavy atom. The molecule has 2 aromatic rings. The lowest BCUT2D eigenvalue weighted by Gasteiger charge is -2.26. The Hall–Kier alpha value is -2.31. The highest BCUT2D eigenvalue weighted by molar-refractivity contribution is 5.43. The minimum atomic E-state index is -0.767. The van der Waals surface area contributed by atoms with Crippen LogP contribution in [0.1, 0.15) is 64.3 Å². The quantitative estimate of drug-likeness (QED) is 0.518. The summed E-state index contributed by atoms with van der Waals surface area (Å²) in [6.45, 7) is 13.0. The SMILES string of the molecule is CC(C)(C)c1ccc(OOC(C#N)c2ccccc2)c(C(C)(C)C)c1. The summed E-state index contributed by atoms with van der Waals surface area (Å²) in [5.41, 5.74) is 3.02. The summed E-state index contributed by atoms with van der Waals surface area (Å²) >= 11 is 0. The lowest BCUT2D eigenvalue weighted by molar-refractivity contribution is -0.232. The van der Waals surface area contributed by atoms with E-state index in [0.29, 0.717) is 5.75 Å². The van der Waals surface area contributed by atoms with Crippen LogP contribution in [0.25, 0.3) is 0 Å². The second kappa shape index (κ2) is 7.29. The third-order valence-electron chi connectivity index (χ3n) is 4.11. The van der Waals surface area contributed by atoms with Gasteiger partial charge >= 0.3 is 0 Å². The van der Waals surface area contributed by atoms with Crippen molar-refractivity contribution in [1.29, 1.82) is 5.26 Å². The molecule has 0 aliphatic carbocycles. The van der Waals surface area contributed by atoms with Crippen LogP contribution in [-0.4, -0.2) is 0 Å². The van der Waals surface area contributed by atoms with Crippen molar-refractivity contribution in [2.24, 2.45) is 0 Å². The number of rotatable bonds is 4. The van der Waals surface area contributed by atoms with Gasteiger partial charge in [0.2, 0.25) is 6.10 Å². The molecular formula is C22H27NO2. The minimum Gasteiger partial charge on any atom is -0.336 e. The lowest BCUT2D eigenvalue weighted by Crippen LogP contribution is -2.18. The molecule has 0 spiro atoms. The zero-order valence-electron chi connectivity index (χ0n) is 16.0. The Morgan fingerprint density at radius 3 is 2.04 bits per heavy atom. The van der Waals surface area contributed by atoms with Crippen molar-refractivity contribution in [1.82, 2.24) is 0 Å². The first kappa shape index (κ1) is 19.0. The van der Waals surface area contributed by atoms with Gasteiger partial charge < -0.3 is 4.89 Å². The van der Waals surface area contributed by atoms with Gasteiger partial charge in [0.05, 0.1) is 0 Å². The molecule has 0 radical (unpaired) electrons. The molecule has 0 bridgehead atoms. The molecule has 0 fully saturated rings. The van der Waals surface area contributed by atoms with Crippen molar-refractivity contribution in [3.63, 3.8) is 0 Å². The molecule has 3 heteroatoms. The Morgan fingerprint density at radius 2 is 1.52 bits per heavy atom. The molecule has 0 aromatic heterocycles. The fourth-order valence-electron chi connectivity index (χ4n) is 2.53. The Balaban J connectivity index is 2.28. The molecule has 0 heterocycles. The van der Waals surface area contributed by atoms with Gasteiger partial charge in [0.1, 0.15) is 6.07 Å². The maximum atomic E-state index is 9.38. The van der Waals surface area contributed by atoms with Gasteiger partial charge in [-0.15, -0.1) is 0 Å². The molecular weight excluding hydrogens is 310 g/mol. The van der Waals surface area contributed by atoms with Gasteiger partial charge in [0.25, 0.3) is 0 Å². The molecule has 0 aliphatic rings. The fourth-order valence-corrected chi connectivity index (χ4v) is 2.53. The van der Waals surface area contributed by atoms with E-state index in [2.05, 4.69) is 59.7 Å². The number of hydrogen-bond donors (Lipinski definition) is 0. The fraction of sp³-hybridized carbons (Fsp3) is 0.409. The lowest BCUT2D eigenvalue weighted by atomic mass is 9.80. The van der Waals surface area contributed by atoms with E-state index in [4.69, 9.17) is 9.78 Å². The van der Waals surface area contributed by atoms with Crippen molar-refractivity contribution in [2.45, 2.75) is 58.5 Å². The van der Waals surface area contributed by atoms with E-state index >= 15 is 0 Å². The standard InChI is InChI=1S/C22H27NO2/c1-21(2,3)17-12-13-19(18(14-17)22(4,5)6)24-25-20(15-23)16-10-8-7-9-11-16/h7-14,20H,1-6H3. The van der Waals surface area contributed by atoms with Crippen molar-refractivity contribution in [3.05, 3.63) is 65.2 Å². The highest BCUT2D eigenvalue weighted by atomic mass is 17.2. The zero-order valence-corrected chi connectivity index (χ0v) is 16.0. The summed E-state index contributed by atoms with van der Waals surface area (Å²) in [5, 5.41) is 9.38. The molecule has 0 saturated carbocycles. The highest BCUT2D eigenvalue weighted by Gasteiger charge is 2.24. The number of hydrogen-bond acceptors (Lipinski definition) is 3. The molecule has 0 aliphatic heterocycles. The van der Waals surface area contributed by atoms with Gasteiger partial charge in [-0.1, -0.05) is 84.0 Å². The molecule has 0 N–H and O–H groups in total. The van der Waals surface area contributed by atoms with Crippen molar-refractivity contribution >= 4 is 0 Å². The van der Waals surface area contributed by atoms with Crippen LogP contribution in [0.4, 0.5) is 0 Å². The summed E-state index contributed by atoms with van der Waals surface area (Å²) in [6.07, 6.45) is -0.767.